The molecule has 0 bridgehead atoms. The van der Waals surface area contributed by atoms with Crippen molar-refractivity contribution in [1.29, 1.82) is 0 Å². The van der Waals surface area contributed by atoms with Crippen molar-refractivity contribution in [3.63, 3.8) is 0 Å². The summed E-state index contributed by atoms with van der Waals surface area (Å²) in [6, 6.07) is 18.2. The number of anilines is 2. The van der Waals surface area contributed by atoms with Crippen molar-refractivity contribution in [3.05, 3.63) is 86.8 Å². The third-order valence-corrected chi connectivity index (χ3v) is 9.93. The Morgan fingerprint density at radius 3 is 2.55 bits per heavy atom. The third kappa shape index (κ3) is 5.49. The highest BCUT2D eigenvalue weighted by Gasteiger charge is 2.30. The quantitative estimate of drug-likeness (QED) is 0.424. The van der Waals surface area contributed by atoms with Gasteiger partial charge in [0.1, 0.15) is 0 Å². The maximum Gasteiger partial charge on any atom is 0.257 e. The van der Waals surface area contributed by atoms with E-state index in [0.29, 0.717) is 25.2 Å². The predicted octanol–water partition coefficient (Wildman–Crippen LogP) is 5.24. The fourth-order valence-corrected chi connectivity index (χ4v) is 7.22. The molecule has 0 radical (unpaired) electrons. The van der Waals surface area contributed by atoms with Crippen LogP contribution in [0.5, 0.6) is 0 Å². The predicted molar refractivity (Wildman–Crippen MR) is 156 cm³/mol. The first kappa shape index (κ1) is 27.1. The smallest absolute Gasteiger partial charge is 0.257 e. The largest absolute Gasteiger partial charge is 0.365 e. The number of rotatable bonds is 5. The molecular weight excluding hydrogens is 588 g/mol. The maximum absolute atomic E-state index is 13.5. The van der Waals surface area contributed by atoms with Gasteiger partial charge in [0.15, 0.2) is 0 Å². The average molecular weight is 618 g/mol. The first-order valence-corrected chi connectivity index (χ1v) is 15.2. The number of hydrogen-bond donors (Lipinski definition) is 1. The van der Waals surface area contributed by atoms with Gasteiger partial charge in [0.05, 0.1) is 26.9 Å². The summed E-state index contributed by atoms with van der Waals surface area (Å²) >= 11 is 9.93. The molecule has 1 atom stereocenters. The van der Waals surface area contributed by atoms with E-state index in [2.05, 4.69) is 45.0 Å². The van der Waals surface area contributed by atoms with E-state index in [0.717, 1.165) is 40.9 Å². The number of nitrogens with zero attached hydrogens (tertiary/aromatic N) is 3. The number of hydrogen-bond acceptors (Lipinski definition) is 5. The van der Waals surface area contributed by atoms with Crippen LogP contribution in [-0.2, 0) is 23.0 Å². The number of sulfonamides is 1. The first-order valence-electron chi connectivity index (χ1n) is 12.6. The number of likely N-dealkylation sites (N-methyl/N-ethyl adjacent to an activating group) is 1. The number of halogens is 2. The van der Waals surface area contributed by atoms with Gasteiger partial charge in [-0.15, -0.1) is 0 Å². The second kappa shape index (κ2) is 11.0. The summed E-state index contributed by atoms with van der Waals surface area (Å²) in [5, 5.41) is 3.18. The van der Waals surface area contributed by atoms with Gasteiger partial charge in [-0.3, -0.25) is 4.79 Å². The van der Waals surface area contributed by atoms with E-state index in [1.807, 2.05) is 42.5 Å². The SMILES string of the molecule is CC1CN(C)CCN1c1ccc(Br)cc1NC(=O)c1cc(S(=O)(=O)N2CCc3ccccc3C2)ccc1Cl. The number of nitrogens with one attached hydrogen (secondary N) is 1. The molecule has 0 aliphatic carbocycles. The van der Waals surface area contributed by atoms with E-state index < -0.39 is 15.9 Å². The Labute approximate surface area is 237 Å². The van der Waals surface area contributed by atoms with Crippen LogP contribution in [0.15, 0.2) is 70.0 Å². The van der Waals surface area contributed by atoms with Crippen molar-refractivity contribution in [2.75, 3.05) is 43.4 Å². The highest BCUT2D eigenvalue weighted by atomic mass is 79.9. The van der Waals surface area contributed by atoms with Gasteiger partial charge in [-0.2, -0.15) is 4.31 Å². The lowest BCUT2D eigenvalue weighted by Gasteiger charge is -2.40. The molecule has 2 aliphatic rings. The van der Waals surface area contributed by atoms with Crippen molar-refractivity contribution in [2.45, 2.75) is 30.8 Å². The van der Waals surface area contributed by atoms with Crippen LogP contribution >= 0.6 is 27.5 Å². The van der Waals surface area contributed by atoms with Gasteiger partial charge in [0.25, 0.3) is 5.91 Å². The summed E-state index contributed by atoms with van der Waals surface area (Å²) in [6.45, 7) is 5.50. The molecule has 2 aliphatic heterocycles. The van der Waals surface area contributed by atoms with Crippen LogP contribution in [0.2, 0.25) is 5.02 Å². The molecule has 5 rings (SSSR count). The van der Waals surface area contributed by atoms with E-state index in [1.54, 1.807) is 0 Å². The Balaban J connectivity index is 1.42. The molecular formula is C28H30BrClN4O3S. The molecule has 1 fully saturated rings. The summed E-state index contributed by atoms with van der Waals surface area (Å²) in [4.78, 5) is 18.1. The van der Waals surface area contributed by atoms with Crippen LogP contribution in [0.25, 0.3) is 0 Å². The Morgan fingerprint density at radius 1 is 1.03 bits per heavy atom. The molecule has 0 saturated carbocycles. The summed E-state index contributed by atoms with van der Waals surface area (Å²) in [7, 11) is -1.72. The standard InChI is InChI=1S/C28H30BrClN4O3S/c1-19-17-32(2)13-14-34(19)27-10-7-22(29)15-26(27)31-28(35)24-16-23(8-9-25(24)30)38(36,37)33-12-11-20-5-3-4-6-21(20)18-33/h3-10,15-16,19H,11-14,17-18H2,1-2H3,(H,31,35). The molecule has 3 aromatic rings. The van der Waals surface area contributed by atoms with E-state index in [9.17, 15) is 13.2 Å². The molecule has 10 heteroatoms. The van der Waals surface area contributed by atoms with Crippen molar-refractivity contribution >= 4 is 54.8 Å². The van der Waals surface area contributed by atoms with Gasteiger partial charge in [-0.25, -0.2) is 8.42 Å². The summed E-state index contributed by atoms with van der Waals surface area (Å²) in [5.41, 5.74) is 3.82. The Morgan fingerprint density at radius 2 is 1.79 bits per heavy atom. The lowest BCUT2D eigenvalue weighted by molar-refractivity contribution is 0.102. The normalized spacial score (nSPS) is 18.7. The summed E-state index contributed by atoms with van der Waals surface area (Å²) in [5.74, 6) is -0.461. The lowest BCUT2D eigenvalue weighted by Crippen LogP contribution is -2.50. The van der Waals surface area contributed by atoms with Gasteiger partial charge in [-0.1, -0.05) is 51.8 Å². The minimum Gasteiger partial charge on any atom is -0.365 e. The second-order valence-electron chi connectivity index (χ2n) is 9.92. The van der Waals surface area contributed by atoms with E-state index in [4.69, 9.17) is 11.6 Å². The van der Waals surface area contributed by atoms with Gasteiger partial charge in [0.2, 0.25) is 10.0 Å². The van der Waals surface area contributed by atoms with Gasteiger partial charge in [-0.05, 0) is 67.9 Å². The monoisotopic (exact) mass is 616 g/mol. The molecule has 1 amide bonds. The van der Waals surface area contributed by atoms with Crippen molar-refractivity contribution in [2.24, 2.45) is 0 Å². The van der Waals surface area contributed by atoms with Gasteiger partial charge in [0, 0.05) is 43.2 Å². The summed E-state index contributed by atoms with van der Waals surface area (Å²) in [6.07, 6.45) is 0.646. The minimum absolute atomic E-state index is 0.0496. The molecule has 7 nitrogen and oxygen atoms in total. The van der Waals surface area contributed by atoms with E-state index >= 15 is 0 Å². The zero-order valence-corrected chi connectivity index (χ0v) is 24.5. The van der Waals surface area contributed by atoms with Crippen LogP contribution in [0, 0.1) is 0 Å². The number of carbonyl (C=O) groups is 1. The van der Waals surface area contributed by atoms with Crippen LogP contribution in [-0.4, -0.2) is 62.8 Å². The average Bonchev–Trinajstić information content (AvgIpc) is 2.89. The molecule has 2 heterocycles. The van der Waals surface area contributed by atoms with Crippen molar-refractivity contribution in [1.82, 2.24) is 9.21 Å². The molecule has 0 aromatic heterocycles. The van der Waals surface area contributed by atoms with E-state index in [1.165, 1.54) is 22.5 Å². The van der Waals surface area contributed by atoms with Crippen molar-refractivity contribution in [3.8, 4) is 0 Å². The topological polar surface area (TPSA) is 73.0 Å². The molecule has 1 N–H and O–H groups in total. The number of benzene rings is 3. The molecule has 1 unspecified atom stereocenters. The highest BCUT2D eigenvalue weighted by Crippen LogP contribution is 2.33. The number of carbonyl (C=O) groups excluding carboxylic acids is 1. The molecule has 3 aromatic carbocycles. The lowest BCUT2D eigenvalue weighted by atomic mass is 10.0. The first-order chi connectivity index (χ1) is 18.1. The summed E-state index contributed by atoms with van der Waals surface area (Å²) < 4.78 is 29.4. The zero-order valence-electron chi connectivity index (χ0n) is 21.3. The highest BCUT2D eigenvalue weighted by molar-refractivity contribution is 9.10. The Hall–Kier alpha value is -2.43. The molecule has 200 valence electrons. The maximum atomic E-state index is 13.5. The number of fused-ring (bicyclic) bond motifs is 1. The minimum atomic E-state index is -3.82. The van der Waals surface area contributed by atoms with Gasteiger partial charge >= 0.3 is 0 Å². The fourth-order valence-electron chi connectivity index (χ4n) is 5.21. The fraction of sp³-hybridized carbons (Fsp3) is 0.321. The third-order valence-electron chi connectivity index (χ3n) is 7.26. The van der Waals surface area contributed by atoms with Crippen LogP contribution < -0.4 is 10.2 Å². The zero-order chi connectivity index (χ0) is 27.0. The Kier molecular flexibility index (Phi) is 7.84. The second-order valence-corrected chi connectivity index (χ2v) is 13.2. The van der Waals surface area contributed by atoms with Crippen LogP contribution in [0.4, 0.5) is 11.4 Å². The van der Waals surface area contributed by atoms with Crippen LogP contribution in [0.1, 0.15) is 28.4 Å². The molecule has 38 heavy (non-hydrogen) atoms. The van der Waals surface area contributed by atoms with E-state index in [-0.39, 0.29) is 21.5 Å². The van der Waals surface area contributed by atoms with Crippen molar-refractivity contribution < 1.29 is 13.2 Å². The van der Waals surface area contributed by atoms with Gasteiger partial charge < -0.3 is 15.1 Å². The number of amides is 1. The number of piperazine rings is 1. The van der Waals surface area contributed by atoms with Crippen LogP contribution in [0.3, 0.4) is 0 Å². The molecule has 1 saturated heterocycles. The Bertz CT molecular complexity index is 1480. The molecule has 0 spiro atoms.